The lowest BCUT2D eigenvalue weighted by atomic mass is 9.95. The van der Waals surface area contributed by atoms with Crippen LogP contribution in [-0.2, 0) is 14.2 Å². The fourth-order valence-corrected chi connectivity index (χ4v) is 1.91. The van der Waals surface area contributed by atoms with Crippen molar-refractivity contribution in [2.24, 2.45) is 0 Å². The van der Waals surface area contributed by atoms with E-state index in [1.54, 1.807) is 7.11 Å². The first-order chi connectivity index (χ1) is 5.68. The molecule has 4 nitrogen and oxygen atoms in total. The van der Waals surface area contributed by atoms with Crippen LogP contribution in [0.15, 0.2) is 0 Å². The van der Waals surface area contributed by atoms with Crippen molar-refractivity contribution in [3.63, 3.8) is 0 Å². The van der Waals surface area contributed by atoms with E-state index in [4.69, 9.17) is 14.2 Å². The Morgan fingerprint density at radius 2 is 2.25 bits per heavy atom. The second-order valence-corrected chi connectivity index (χ2v) is 3.54. The predicted molar refractivity (Wildman–Crippen MR) is 40.9 cm³/mol. The highest BCUT2D eigenvalue weighted by Gasteiger charge is 2.56. The maximum absolute atomic E-state index is 9.57. The van der Waals surface area contributed by atoms with Gasteiger partial charge in [0.25, 0.3) is 0 Å². The van der Waals surface area contributed by atoms with Crippen LogP contribution in [0, 0.1) is 0 Å². The molecule has 2 aliphatic rings. The van der Waals surface area contributed by atoms with Gasteiger partial charge < -0.3 is 19.3 Å². The second-order valence-electron chi connectivity index (χ2n) is 3.54. The SMILES string of the molecule is COC1COC2(C)C(O)COC12. The van der Waals surface area contributed by atoms with E-state index in [1.807, 2.05) is 6.92 Å². The molecule has 4 heteroatoms. The molecule has 0 aromatic carbocycles. The van der Waals surface area contributed by atoms with Crippen LogP contribution in [0.3, 0.4) is 0 Å². The zero-order chi connectivity index (χ0) is 8.77. The van der Waals surface area contributed by atoms with E-state index >= 15 is 0 Å². The van der Waals surface area contributed by atoms with Gasteiger partial charge in [-0.05, 0) is 6.92 Å². The van der Waals surface area contributed by atoms with Crippen LogP contribution in [0.25, 0.3) is 0 Å². The van der Waals surface area contributed by atoms with E-state index in [-0.39, 0.29) is 12.2 Å². The van der Waals surface area contributed by atoms with Gasteiger partial charge in [0.1, 0.15) is 23.9 Å². The minimum Gasteiger partial charge on any atom is -0.388 e. The molecule has 0 radical (unpaired) electrons. The third-order valence-electron chi connectivity index (χ3n) is 2.86. The normalized spacial score (nSPS) is 52.8. The van der Waals surface area contributed by atoms with Gasteiger partial charge in [0.2, 0.25) is 0 Å². The lowest BCUT2D eigenvalue weighted by Crippen LogP contribution is -2.44. The summed E-state index contributed by atoms with van der Waals surface area (Å²) in [6, 6.07) is 0. The number of hydrogen-bond donors (Lipinski definition) is 1. The maximum atomic E-state index is 9.57. The number of rotatable bonds is 1. The van der Waals surface area contributed by atoms with Crippen LogP contribution in [0.4, 0.5) is 0 Å². The fraction of sp³-hybridized carbons (Fsp3) is 1.00. The number of hydrogen-bond acceptors (Lipinski definition) is 4. The first kappa shape index (κ1) is 8.44. The molecule has 4 atom stereocenters. The highest BCUT2D eigenvalue weighted by Crippen LogP contribution is 2.38. The van der Waals surface area contributed by atoms with Crippen LogP contribution in [0.5, 0.6) is 0 Å². The van der Waals surface area contributed by atoms with Crippen molar-refractivity contribution in [2.45, 2.75) is 30.8 Å². The van der Waals surface area contributed by atoms with E-state index < -0.39 is 11.7 Å². The Hall–Kier alpha value is -0.160. The smallest absolute Gasteiger partial charge is 0.122 e. The maximum Gasteiger partial charge on any atom is 0.122 e. The minimum absolute atomic E-state index is 0.0350. The summed E-state index contributed by atoms with van der Waals surface area (Å²) in [5.74, 6) is 0. The van der Waals surface area contributed by atoms with Gasteiger partial charge in [-0.15, -0.1) is 0 Å². The molecule has 4 unspecified atom stereocenters. The van der Waals surface area contributed by atoms with Crippen LogP contribution in [-0.4, -0.2) is 49.3 Å². The van der Waals surface area contributed by atoms with E-state index in [0.29, 0.717) is 13.2 Å². The van der Waals surface area contributed by atoms with Gasteiger partial charge in [-0.1, -0.05) is 0 Å². The quantitative estimate of drug-likeness (QED) is 0.585. The molecule has 70 valence electrons. The summed E-state index contributed by atoms with van der Waals surface area (Å²) in [6.45, 7) is 2.73. The van der Waals surface area contributed by atoms with E-state index in [9.17, 15) is 5.11 Å². The Morgan fingerprint density at radius 3 is 2.92 bits per heavy atom. The van der Waals surface area contributed by atoms with Gasteiger partial charge >= 0.3 is 0 Å². The fourth-order valence-electron chi connectivity index (χ4n) is 1.91. The zero-order valence-electron chi connectivity index (χ0n) is 7.32. The Morgan fingerprint density at radius 1 is 1.50 bits per heavy atom. The second kappa shape index (κ2) is 2.67. The van der Waals surface area contributed by atoms with Crippen molar-refractivity contribution in [1.29, 1.82) is 0 Å². The van der Waals surface area contributed by atoms with Gasteiger partial charge in [0.15, 0.2) is 0 Å². The molecule has 0 saturated carbocycles. The molecule has 0 aromatic rings. The molecule has 2 fully saturated rings. The number of aliphatic hydroxyl groups excluding tert-OH is 1. The highest BCUT2D eigenvalue weighted by molar-refractivity contribution is 5.05. The summed E-state index contributed by atoms with van der Waals surface area (Å²) < 4.78 is 16.1. The predicted octanol–water partition coefficient (Wildman–Crippen LogP) is -0.450. The molecule has 12 heavy (non-hydrogen) atoms. The van der Waals surface area contributed by atoms with Crippen molar-refractivity contribution in [3.8, 4) is 0 Å². The molecule has 0 amide bonds. The van der Waals surface area contributed by atoms with Gasteiger partial charge in [-0.2, -0.15) is 0 Å². The monoisotopic (exact) mass is 174 g/mol. The standard InChI is InChI=1S/C8H14O4/c1-8-6(9)4-11-7(8)5(10-2)3-12-8/h5-7,9H,3-4H2,1-2H3. The topological polar surface area (TPSA) is 47.9 Å². The average Bonchev–Trinajstić information content (AvgIpc) is 2.51. The van der Waals surface area contributed by atoms with Gasteiger partial charge in [0.05, 0.1) is 13.2 Å². The van der Waals surface area contributed by atoms with Crippen molar-refractivity contribution >= 4 is 0 Å². The Kier molecular flexibility index (Phi) is 1.88. The van der Waals surface area contributed by atoms with Crippen LogP contribution < -0.4 is 0 Å². The molecule has 0 bridgehead atoms. The Balaban J connectivity index is 2.17. The zero-order valence-corrected chi connectivity index (χ0v) is 7.32. The molecule has 2 aliphatic heterocycles. The molecule has 1 N–H and O–H groups in total. The third kappa shape index (κ3) is 0.925. The van der Waals surface area contributed by atoms with Crippen LogP contribution in [0.1, 0.15) is 6.92 Å². The average molecular weight is 174 g/mol. The summed E-state index contributed by atoms with van der Waals surface area (Å²) in [5.41, 5.74) is -0.555. The van der Waals surface area contributed by atoms with Crippen molar-refractivity contribution in [3.05, 3.63) is 0 Å². The third-order valence-corrected chi connectivity index (χ3v) is 2.86. The summed E-state index contributed by atoms with van der Waals surface area (Å²) in [7, 11) is 1.63. The summed E-state index contributed by atoms with van der Waals surface area (Å²) in [6.07, 6.45) is -0.674. The van der Waals surface area contributed by atoms with Gasteiger partial charge in [-0.3, -0.25) is 0 Å². The summed E-state index contributed by atoms with van der Waals surface area (Å²) >= 11 is 0. The molecular weight excluding hydrogens is 160 g/mol. The lowest BCUT2D eigenvalue weighted by Gasteiger charge is -2.24. The number of fused-ring (bicyclic) bond motifs is 1. The van der Waals surface area contributed by atoms with Gasteiger partial charge in [-0.25, -0.2) is 0 Å². The molecule has 0 spiro atoms. The molecule has 0 aliphatic carbocycles. The lowest BCUT2D eigenvalue weighted by molar-refractivity contribution is -0.0621. The van der Waals surface area contributed by atoms with E-state index in [1.165, 1.54) is 0 Å². The van der Waals surface area contributed by atoms with E-state index in [0.717, 1.165) is 0 Å². The summed E-state index contributed by atoms with van der Waals surface area (Å²) in [5, 5.41) is 9.57. The summed E-state index contributed by atoms with van der Waals surface area (Å²) in [4.78, 5) is 0. The highest BCUT2D eigenvalue weighted by atomic mass is 16.6. The van der Waals surface area contributed by atoms with Crippen LogP contribution >= 0.6 is 0 Å². The van der Waals surface area contributed by atoms with Crippen molar-refractivity contribution in [2.75, 3.05) is 20.3 Å². The number of ether oxygens (including phenoxy) is 3. The van der Waals surface area contributed by atoms with Crippen LogP contribution in [0.2, 0.25) is 0 Å². The largest absolute Gasteiger partial charge is 0.388 e. The number of aliphatic hydroxyl groups is 1. The van der Waals surface area contributed by atoms with Gasteiger partial charge in [0, 0.05) is 7.11 Å². The van der Waals surface area contributed by atoms with Crippen molar-refractivity contribution in [1.82, 2.24) is 0 Å². The Labute approximate surface area is 71.4 Å². The molecular formula is C8H14O4. The molecule has 0 aromatic heterocycles. The molecule has 2 heterocycles. The van der Waals surface area contributed by atoms with Crippen molar-refractivity contribution < 1.29 is 19.3 Å². The number of methoxy groups -OCH3 is 1. The van der Waals surface area contributed by atoms with E-state index in [2.05, 4.69) is 0 Å². The molecule has 2 saturated heterocycles. The first-order valence-electron chi connectivity index (χ1n) is 4.15. The first-order valence-corrected chi connectivity index (χ1v) is 4.15. The Bertz CT molecular complexity index is 184. The molecule has 2 rings (SSSR count). The minimum atomic E-state index is -0.555.